The molecule has 0 saturated heterocycles. The summed E-state index contributed by atoms with van der Waals surface area (Å²) >= 11 is 0. The maximum absolute atomic E-state index is 13.4. The Bertz CT molecular complexity index is 374. The molecule has 0 heterocycles. The highest BCUT2D eigenvalue weighted by molar-refractivity contribution is 5.39. The lowest BCUT2D eigenvalue weighted by atomic mass is 9.99. The van der Waals surface area contributed by atoms with Gasteiger partial charge in [0.05, 0.1) is 5.56 Å². The van der Waals surface area contributed by atoms with Gasteiger partial charge >= 0.3 is 0 Å². The SMILES string of the molecule is Cc1cc(C2(N)CC2)cc(F)c1C(F)F. The summed E-state index contributed by atoms with van der Waals surface area (Å²) in [7, 11) is 0. The number of benzene rings is 1. The molecule has 2 N–H and O–H groups in total. The van der Waals surface area contributed by atoms with E-state index in [9.17, 15) is 13.2 Å². The van der Waals surface area contributed by atoms with Gasteiger partial charge in [-0.2, -0.15) is 0 Å². The molecule has 1 aromatic carbocycles. The van der Waals surface area contributed by atoms with E-state index in [2.05, 4.69) is 0 Å². The molecule has 1 aromatic rings. The molecule has 0 aromatic heterocycles. The highest BCUT2D eigenvalue weighted by Crippen LogP contribution is 2.44. The van der Waals surface area contributed by atoms with Crippen LogP contribution in [0.15, 0.2) is 12.1 Å². The Hall–Kier alpha value is -1.03. The van der Waals surface area contributed by atoms with Gasteiger partial charge in [-0.15, -0.1) is 0 Å². The third-order valence-electron chi connectivity index (χ3n) is 2.92. The maximum atomic E-state index is 13.4. The standard InChI is InChI=1S/C11H12F3N/c1-6-4-7(11(15)2-3-11)5-8(12)9(6)10(13)14/h4-5,10H,2-3,15H2,1H3. The molecule has 2 rings (SSSR count). The second-order valence-electron chi connectivity index (χ2n) is 4.15. The molecule has 1 fully saturated rings. The highest BCUT2D eigenvalue weighted by Gasteiger charge is 2.40. The molecule has 4 heteroatoms. The molecule has 0 unspecified atom stereocenters. The van der Waals surface area contributed by atoms with Crippen LogP contribution in [0.3, 0.4) is 0 Å². The summed E-state index contributed by atoms with van der Waals surface area (Å²) in [4.78, 5) is 0. The minimum atomic E-state index is -2.77. The van der Waals surface area contributed by atoms with E-state index >= 15 is 0 Å². The third-order valence-corrected chi connectivity index (χ3v) is 2.92. The van der Waals surface area contributed by atoms with Crippen LogP contribution in [-0.2, 0) is 5.54 Å². The molecule has 0 atom stereocenters. The first-order valence-corrected chi connectivity index (χ1v) is 4.81. The van der Waals surface area contributed by atoms with Gasteiger partial charge in [-0.25, -0.2) is 13.2 Å². The van der Waals surface area contributed by atoms with Crippen molar-refractivity contribution in [1.29, 1.82) is 0 Å². The zero-order valence-electron chi connectivity index (χ0n) is 8.36. The Morgan fingerprint density at radius 3 is 2.33 bits per heavy atom. The first-order chi connectivity index (χ1) is 6.94. The van der Waals surface area contributed by atoms with E-state index in [0.29, 0.717) is 5.56 Å². The number of hydrogen-bond acceptors (Lipinski definition) is 1. The fourth-order valence-electron chi connectivity index (χ4n) is 1.74. The van der Waals surface area contributed by atoms with Gasteiger partial charge in [0, 0.05) is 5.54 Å². The van der Waals surface area contributed by atoms with Gasteiger partial charge in [0.15, 0.2) is 0 Å². The van der Waals surface area contributed by atoms with E-state index in [1.54, 1.807) is 6.07 Å². The van der Waals surface area contributed by atoms with E-state index in [1.165, 1.54) is 6.92 Å². The lowest BCUT2D eigenvalue weighted by molar-refractivity contribution is 0.145. The number of halogens is 3. The Morgan fingerprint density at radius 2 is 1.93 bits per heavy atom. The predicted octanol–water partition coefficient (Wildman–Crippen LogP) is 3.02. The number of hydrogen-bond donors (Lipinski definition) is 1. The van der Waals surface area contributed by atoms with Gasteiger partial charge in [0.2, 0.25) is 0 Å². The molecular formula is C11H12F3N. The van der Waals surface area contributed by atoms with Crippen molar-refractivity contribution in [2.45, 2.75) is 31.7 Å². The summed E-state index contributed by atoms with van der Waals surface area (Å²) in [6.07, 6.45) is -1.19. The topological polar surface area (TPSA) is 26.0 Å². The van der Waals surface area contributed by atoms with Crippen molar-refractivity contribution >= 4 is 0 Å². The van der Waals surface area contributed by atoms with Gasteiger partial charge in [0.25, 0.3) is 6.43 Å². The molecule has 15 heavy (non-hydrogen) atoms. The van der Waals surface area contributed by atoms with Crippen LogP contribution in [0.1, 0.15) is 36.0 Å². The molecule has 82 valence electrons. The minimum Gasteiger partial charge on any atom is -0.321 e. The van der Waals surface area contributed by atoms with Crippen molar-refractivity contribution in [3.63, 3.8) is 0 Å². The fraction of sp³-hybridized carbons (Fsp3) is 0.455. The summed E-state index contributed by atoms with van der Waals surface area (Å²) < 4.78 is 38.3. The molecule has 0 aliphatic heterocycles. The van der Waals surface area contributed by atoms with E-state index in [-0.39, 0.29) is 5.56 Å². The molecule has 0 spiro atoms. The van der Waals surface area contributed by atoms with Crippen molar-refractivity contribution in [3.05, 3.63) is 34.6 Å². The summed E-state index contributed by atoms with van der Waals surface area (Å²) in [6.45, 7) is 1.49. The van der Waals surface area contributed by atoms with Crippen LogP contribution >= 0.6 is 0 Å². The van der Waals surface area contributed by atoms with E-state index < -0.39 is 23.3 Å². The van der Waals surface area contributed by atoms with Gasteiger partial charge in [-0.05, 0) is 37.0 Å². The monoisotopic (exact) mass is 215 g/mol. The Labute approximate surface area is 86.1 Å². The van der Waals surface area contributed by atoms with Crippen LogP contribution in [0.25, 0.3) is 0 Å². The lowest BCUT2D eigenvalue weighted by Gasteiger charge is -2.13. The van der Waals surface area contributed by atoms with Crippen molar-refractivity contribution in [1.82, 2.24) is 0 Å². The van der Waals surface area contributed by atoms with E-state index in [0.717, 1.165) is 18.9 Å². The molecule has 0 amide bonds. The average Bonchev–Trinajstić information content (AvgIpc) is 2.82. The zero-order chi connectivity index (χ0) is 11.2. The zero-order valence-corrected chi connectivity index (χ0v) is 8.36. The quantitative estimate of drug-likeness (QED) is 0.806. The number of aryl methyl sites for hydroxylation is 1. The van der Waals surface area contributed by atoms with Gasteiger partial charge in [0.1, 0.15) is 5.82 Å². The van der Waals surface area contributed by atoms with Gasteiger partial charge in [-0.1, -0.05) is 6.07 Å². The van der Waals surface area contributed by atoms with Crippen molar-refractivity contribution < 1.29 is 13.2 Å². The lowest BCUT2D eigenvalue weighted by Crippen LogP contribution is -2.19. The number of rotatable bonds is 2. The number of alkyl halides is 2. The van der Waals surface area contributed by atoms with Crippen molar-refractivity contribution in [3.8, 4) is 0 Å². The smallest absolute Gasteiger partial charge is 0.266 e. The van der Waals surface area contributed by atoms with Crippen LogP contribution in [0.4, 0.5) is 13.2 Å². The molecule has 1 aliphatic carbocycles. The third kappa shape index (κ3) is 1.74. The van der Waals surface area contributed by atoms with Gasteiger partial charge in [-0.3, -0.25) is 0 Å². The van der Waals surface area contributed by atoms with Crippen LogP contribution in [0, 0.1) is 12.7 Å². The molecule has 1 nitrogen and oxygen atoms in total. The molecule has 1 saturated carbocycles. The fourth-order valence-corrected chi connectivity index (χ4v) is 1.74. The van der Waals surface area contributed by atoms with Crippen molar-refractivity contribution in [2.24, 2.45) is 5.73 Å². The van der Waals surface area contributed by atoms with Crippen LogP contribution in [-0.4, -0.2) is 0 Å². The number of nitrogens with two attached hydrogens (primary N) is 1. The predicted molar refractivity (Wildman–Crippen MR) is 51.2 cm³/mol. The molecule has 0 bridgehead atoms. The Morgan fingerprint density at radius 1 is 1.33 bits per heavy atom. The Balaban J connectivity index is 2.48. The van der Waals surface area contributed by atoms with Crippen LogP contribution in [0.5, 0.6) is 0 Å². The second kappa shape index (κ2) is 3.23. The summed E-state index contributed by atoms with van der Waals surface area (Å²) in [5, 5.41) is 0. The van der Waals surface area contributed by atoms with Crippen LogP contribution in [0.2, 0.25) is 0 Å². The largest absolute Gasteiger partial charge is 0.321 e. The van der Waals surface area contributed by atoms with Gasteiger partial charge < -0.3 is 5.73 Å². The highest BCUT2D eigenvalue weighted by atomic mass is 19.3. The Kier molecular flexibility index (Phi) is 2.26. The molecule has 1 aliphatic rings. The second-order valence-corrected chi connectivity index (χ2v) is 4.15. The van der Waals surface area contributed by atoms with Crippen molar-refractivity contribution in [2.75, 3.05) is 0 Å². The normalized spacial score (nSPS) is 18.3. The maximum Gasteiger partial charge on any atom is 0.266 e. The first kappa shape index (κ1) is 10.5. The van der Waals surface area contributed by atoms with E-state index in [1.807, 2.05) is 0 Å². The summed E-state index contributed by atoms with van der Waals surface area (Å²) in [5.41, 5.74) is 5.79. The molecular weight excluding hydrogens is 203 g/mol. The minimum absolute atomic E-state index is 0.275. The summed E-state index contributed by atoms with van der Waals surface area (Å²) in [5.74, 6) is -0.850. The van der Waals surface area contributed by atoms with Crippen LogP contribution < -0.4 is 5.73 Å². The first-order valence-electron chi connectivity index (χ1n) is 4.81. The van der Waals surface area contributed by atoms with E-state index in [4.69, 9.17) is 5.73 Å². The average molecular weight is 215 g/mol. The summed E-state index contributed by atoms with van der Waals surface area (Å²) in [6, 6.07) is 2.71. The molecule has 0 radical (unpaired) electrons.